The summed E-state index contributed by atoms with van der Waals surface area (Å²) in [4.78, 5) is 44.4. The Hall–Kier alpha value is -4.27. The van der Waals surface area contributed by atoms with Gasteiger partial charge in [0.05, 0.1) is 36.6 Å². The van der Waals surface area contributed by atoms with Crippen LogP contribution in [0.25, 0.3) is 0 Å². The normalized spacial score (nSPS) is 27.5. The number of nitrogens with zero attached hydrogens (tertiary/aromatic N) is 3. The van der Waals surface area contributed by atoms with Gasteiger partial charge in [0, 0.05) is 54.1 Å². The van der Waals surface area contributed by atoms with Crippen molar-refractivity contribution in [2.75, 3.05) is 47.2 Å². The van der Waals surface area contributed by atoms with Crippen molar-refractivity contribution in [2.24, 2.45) is 11.7 Å². The van der Waals surface area contributed by atoms with Crippen molar-refractivity contribution in [1.29, 1.82) is 5.26 Å². The molecule has 3 N–H and O–H groups in total. The number of fused-ring (bicyclic) bond motifs is 9. The highest BCUT2D eigenvalue weighted by Crippen LogP contribution is 2.64. The molecule has 0 spiro atoms. The van der Waals surface area contributed by atoms with Gasteiger partial charge in [-0.25, -0.2) is 4.79 Å². The Morgan fingerprint density at radius 1 is 1.11 bits per heavy atom. The van der Waals surface area contributed by atoms with Gasteiger partial charge in [-0.1, -0.05) is 19.9 Å². The molecule has 0 aliphatic carbocycles. The number of amides is 1. The number of esters is 2. The second-order valence-electron chi connectivity index (χ2n) is 14.7. The number of hydrogen-bond acceptors (Lipinski definition) is 15. The second-order valence-corrected chi connectivity index (χ2v) is 15.9. The van der Waals surface area contributed by atoms with Crippen LogP contribution in [0.2, 0.25) is 0 Å². The molecule has 0 aromatic heterocycles. The Kier molecular flexibility index (Phi) is 10.4. The van der Waals surface area contributed by atoms with E-state index in [-0.39, 0.29) is 37.9 Å². The minimum atomic E-state index is -1.04. The van der Waals surface area contributed by atoms with Gasteiger partial charge in [0.15, 0.2) is 29.8 Å². The van der Waals surface area contributed by atoms with Gasteiger partial charge in [0.2, 0.25) is 12.7 Å². The molecule has 2 saturated heterocycles. The van der Waals surface area contributed by atoms with Crippen LogP contribution in [0.15, 0.2) is 6.07 Å². The van der Waals surface area contributed by atoms with E-state index in [9.17, 15) is 19.6 Å². The van der Waals surface area contributed by atoms with Crippen molar-refractivity contribution < 1.29 is 47.5 Å². The first-order valence-corrected chi connectivity index (χ1v) is 19.1. The first-order valence-electron chi connectivity index (χ1n) is 18.0. The van der Waals surface area contributed by atoms with Crippen LogP contribution in [0, 0.1) is 31.1 Å². The smallest absolute Gasteiger partial charge is 0.329 e. The van der Waals surface area contributed by atoms with E-state index in [0.29, 0.717) is 51.9 Å². The molecule has 4 bridgehead atoms. The Bertz CT molecular complexity index is 1920. The predicted octanol–water partition coefficient (Wildman–Crippen LogP) is 2.98. The zero-order valence-corrected chi connectivity index (χ0v) is 32.5. The lowest BCUT2D eigenvalue weighted by atomic mass is 9.71. The van der Waals surface area contributed by atoms with Crippen molar-refractivity contribution >= 4 is 29.6 Å². The number of ether oxygens (including phenoxy) is 7. The fraction of sp³-hybridized carbons (Fsp3) is 0.579. The largest absolute Gasteiger partial charge is 0.493 e. The van der Waals surface area contributed by atoms with Crippen molar-refractivity contribution in [3.63, 3.8) is 0 Å². The van der Waals surface area contributed by atoms with Gasteiger partial charge >= 0.3 is 11.9 Å². The Morgan fingerprint density at radius 3 is 2.52 bits per heavy atom. The molecule has 16 heteroatoms. The summed E-state index contributed by atoms with van der Waals surface area (Å²) in [5.74, 6) is 0.618. The molecule has 3 unspecified atom stereocenters. The highest BCUT2D eigenvalue weighted by atomic mass is 32.2. The molecule has 2 aromatic rings. The molecular formula is C38H47N5O10S. The van der Waals surface area contributed by atoms with E-state index in [4.69, 9.17) is 38.9 Å². The summed E-state index contributed by atoms with van der Waals surface area (Å²) < 4.78 is 42.0. The van der Waals surface area contributed by atoms with Crippen molar-refractivity contribution in [3.05, 3.63) is 39.4 Å². The van der Waals surface area contributed by atoms with Crippen molar-refractivity contribution in [1.82, 2.24) is 15.1 Å². The van der Waals surface area contributed by atoms with Gasteiger partial charge in [-0.15, -0.1) is 11.8 Å². The van der Waals surface area contributed by atoms with Crippen LogP contribution in [-0.4, -0.2) is 105 Å². The second kappa shape index (κ2) is 14.8. The SMILES string of the molecule is COCOc1c(OC)c(C)cc2c1[C@@H]1C3[C@@H]4SCC(NC(=O)C(N)C(C)C)C(=O)OC[C@@H](c5c6c(c(C)c(OC(C)=O)c54)OCO6)N3[C@@H](C#N)[C@H](C2)N1C. The van der Waals surface area contributed by atoms with E-state index < -0.39 is 59.3 Å². The molecule has 5 aliphatic rings. The number of carbonyl (C=O) groups is 3. The van der Waals surface area contributed by atoms with E-state index in [1.54, 1.807) is 14.2 Å². The number of cyclic esters (lactones) is 1. The molecule has 54 heavy (non-hydrogen) atoms. The lowest BCUT2D eigenvalue weighted by Gasteiger charge is -2.61. The first kappa shape index (κ1) is 38.0. The Labute approximate surface area is 318 Å². The minimum absolute atomic E-state index is 0.0277. The van der Waals surface area contributed by atoms with E-state index in [2.05, 4.69) is 27.3 Å². The molecule has 7 rings (SSSR count). The number of benzene rings is 2. The molecule has 5 aliphatic heterocycles. The van der Waals surface area contributed by atoms with E-state index in [1.807, 2.05) is 34.7 Å². The van der Waals surface area contributed by atoms with Crippen molar-refractivity contribution in [2.45, 2.75) is 88.6 Å². The average Bonchev–Trinajstić information content (AvgIpc) is 3.63. The Balaban J connectivity index is 1.50. The summed E-state index contributed by atoms with van der Waals surface area (Å²) in [6, 6.07) is 0.239. The van der Waals surface area contributed by atoms with Crippen LogP contribution in [0.4, 0.5) is 0 Å². The fourth-order valence-corrected chi connectivity index (χ4v) is 10.4. The topological polar surface area (TPSA) is 184 Å². The highest BCUT2D eigenvalue weighted by molar-refractivity contribution is 7.99. The molecule has 2 aromatic carbocycles. The first-order chi connectivity index (χ1) is 25.8. The Morgan fingerprint density at radius 2 is 1.85 bits per heavy atom. The third-order valence-corrected chi connectivity index (χ3v) is 12.7. The third-order valence-electron chi connectivity index (χ3n) is 11.3. The molecule has 5 heterocycles. The van der Waals surface area contributed by atoms with Crippen LogP contribution in [0.1, 0.15) is 71.5 Å². The van der Waals surface area contributed by atoms with Gasteiger partial charge in [0.25, 0.3) is 0 Å². The lowest BCUT2D eigenvalue weighted by molar-refractivity contribution is -0.152. The lowest BCUT2D eigenvalue weighted by Crippen LogP contribution is -2.69. The van der Waals surface area contributed by atoms with E-state index in [1.165, 1.54) is 18.7 Å². The predicted molar refractivity (Wildman–Crippen MR) is 196 cm³/mol. The third kappa shape index (κ3) is 6.01. The number of nitrogens with one attached hydrogen (secondary N) is 1. The number of hydrogen-bond donors (Lipinski definition) is 2. The maximum absolute atomic E-state index is 13.9. The zero-order valence-electron chi connectivity index (χ0n) is 31.7. The van der Waals surface area contributed by atoms with Gasteiger partial charge in [-0.2, -0.15) is 5.26 Å². The molecule has 8 atom stereocenters. The summed E-state index contributed by atoms with van der Waals surface area (Å²) in [7, 11) is 5.17. The van der Waals surface area contributed by atoms with Gasteiger partial charge in [0.1, 0.15) is 24.4 Å². The van der Waals surface area contributed by atoms with Crippen LogP contribution in [0.3, 0.4) is 0 Å². The maximum Gasteiger partial charge on any atom is 0.329 e. The summed E-state index contributed by atoms with van der Waals surface area (Å²) in [6.45, 7) is 8.50. The van der Waals surface area contributed by atoms with Gasteiger partial charge in [-0.05, 0) is 44.4 Å². The summed E-state index contributed by atoms with van der Waals surface area (Å²) in [6.07, 6.45) is 0.531. The molecule has 0 radical (unpaired) electrons. The summed E-state index contributed by atoms with van der Waals surface area (Å²) in [5, 5.41) is 13.4. The molecule has 0 saturated carbocycles. The summed E-state index contributed by atoms with van der Waals surface area (Å²) >= 11 is 1.41. The average molecular weight is 766 g/mol. The monoisotopic (exact) mass is 765 g/mol. The highest BCUT2D eigenvalue weighted by Gasteiger charge is 2.61. The number of aryl methyl sites for hydroxylation is 1. The van der Waals surface area contributed by atoms with Crippen LogP contribution in [0.5, 0.6) is 28.7 Å². The summed E-state index contributed by atoms with van der Waals surface area (Å²) in [5.41, 5.74) is 10.9. The number of rotatable bonds is 8. The standard InChI is InChI=1S/C38H47N5O10S/c1-16(2)28(40)37(45)41-21-13-54-36-27-26(35-33(51-15-52-35)18(4)32(27)53-19(5)44)24(12-49-38(21)46)43-23(11-39)22-10-20-9-17(3)31(48-8)34(50-14-47-7)25(20)29(30(36)43)42(22)6/h9,16,21-24,28-30,36H,10,12-15,40H2,1-8H3,(H,41,45)/t21?,22-,23-,24-,28?,29+,30?,36+/m0/s1. The van der Waals surface area contributed by atoms with Crippen molar-refractivity contribution in [3.8, 4) is 34.8 Å². The zero-order chi connectivity index (χ0) is 38.7. The van der Waals surface area contributed by atoms with E-state index in [0.717, 1.165) is 16.7 Å². The molecule has 15 nitrogen and oxygen atoms in total. The number of nitriles is 1. The minimum Gasteiger partial charge on any atom is -0.493 e. The van der Waals surface area contributed by atoms with Gasteiger partial charge in [-0.3, -0.25) is 19.4 Å². The van der Waals surface area contributed by atoms with Crippen LogP contribution >= 0.6 is 11.8 Å². The molecule has 2 fully saturated rings. The number of thioether (sulfide) groups is 1. The van der Waals surface area contributed by atoms with Crippen LogP contribution in [-0.2, 0) is 30.3 Å². The molecule has 290 valence electrons. The van der Waals surface area contributed by atoms with Crippen LogP contribution < -0.4 is 34.7 Å². The number of likely N-dealkylation sites (N-methyl/N-ethyl adjacent to an activating group) is 1. The number of nitrogens with two attached hydrogens (primary N) is 1. The molecule has 1 amide bonds. The quantitative estimate of drug-likeness (QED) is 0.227. The number of methoxy groups -OCH3 is 2. The van der Waals surface area contributed by atoms with Gasteiger partial charge < -0.3 is 44.2 Å². The number of carbonyl (C=O) groups excluding carboxylic acids is 3. The maximum atomic E-state index is 13.9. The molecular weight excluding hydrogens is 719 g/mol. The fourth-order valence-electron chi connectivity index (χ4n) is 8.88. The number of piperazine rings is 1. The van der Waals surface area contributed by atoms with E-state index >= 15 is 0 Å².